The third-order valence-electron chi connectivity index (χ3n) is 3.23. The number of carbonyl (C=O) groups is 2. The molecule has 0 saturated heterocycles. The van der Waals surface area contributed by atoms with E-state index in [0.717, 1.165) is 0 Å². The van der Waals surface area contributed by atoms with Gasteiger partial charge in [0.15, 0.2) is 0 Å². The lowest BCUT2D eigenvalue weighted by atomic mass is 9.91. The molecule has 1 unspecified atom stereocenters. The quantitative estimate of drug-likeness (QED) is 0.898. The lowest BCUT2D eigenvalue weighted by molar-refractivity contribution is -0.123. The van der Waals surface area contributed by atoms with Crippen LogP contribution in [0.1, 0.15) is 23.0 Å². The lowest BCUT2D eigenvalue weighted by Crippen LogP contribution is -2.53. The zero-order chi connectivity index (χ0) is 16.3. The molecule has 2 rings (SSSR count). The predicted octanol–water partition coefficient (Wildman–Crippen LogP) is 2.52. The average molecular weight is 338 g/mol. The smallest absolute Gasteiger partial charge is 0.272 e. The first kappa shape index (κ1) is 16.3. The highest BCUT2D eigenvalue weighted by molar-refractivity contribution is 6.33. The molecule has 0 aliphatic rings. The van der Waals surface area contributed by atoms with Gasteiger partial charge >= 0.3 is 0 Å². The van der Waals surface area contributed by atoms with E-state index in [2.05, 4.69) is 10.3 Å². The Hall–Kier alpha value is -2.11. The predicted molar refractivity (Wildman–Crippen MR) is 84.7 cm³/mol. The zero-order valence-corrected chi connectivity index (χ0v) is 13.2. The molecule has 0 radical (unpaired) electrons. The van der Waals surface area contributed by atoms with Crippen molar-refractivity contribution in [2.45, 2.75) is 12.5 Å². The fourth-order valence-corrected chi connectivity index (χ4v) is 2.31. The molecule has 2 amide bonds. The van der Waals surface area contributed by atoms with Crippen LogP contribution in [0.3, 0.4) is 0 Å². The van der Waals surface area contributed by atoms with Crippen LogP contribution < -0.4 is 11.1 Å². The summed E-state index contributed by atoms with van der Waals surface area (Å²) < 4.78 is 0. The van der Waals surface area contributed by atoms with Crippen LogP contribution in [0.4, 0.5) is 0 Å². The minimum absolute atomic E-state index is 0.0127. The molecule has 3 N–H and O–H groups in total. The van der Waals surface area contributed by atoms with E-state index in [9.17, 15) is 9.59 Å². The molecule has 0 aliphatic heterocycles. The summed E-state index contributed by atoms with van der Waals surface area (Å²) in [6.45, 7) is 1.50. The monoisotopic (exact) mass is 337 g/mol. The first-order chi connectivity index (χ1) is 10.3. The highest BCUT2D eigenvalue weighted by atomic mass is 35.5. The first-order valence-corrected chi connectivity index (χ1v) is 7.09. The molecular weight excluding hydrogens is 325 g/mol. The van der Waals surface area contributed by atoms with Crippen molar-refractivity contribution in [2.75, 3.05) is 0 Å². The molecule has 1 aromatic heterocycles. The minimum Gasteiger partial charge on any atom is -0.367 e. The van der Waals surface area contributed by atoms with Crippen molar-refractivity contribution < 1.29 is 9.59 Å². The molecule has 0 saturated carbocycles. The van der Waals surface area contributed by atoms with Crippen LogP contribution in [0.5, 0.6) is 0 Å². The molecule has 0 spiro atoms. The van der Waals surface area contributed by atoms with Gasteiger partial charge in [-0.05, 0) is 36.8 Å². The van der Waals surface area contributed by atoms with Gasteiger partial charge in [-0.15, -0.1) is 0 Å². The van der Waals surface area contributed by atoms with E-state index in [4.69, 9.17) is 28.9 Å². The highest BCUT2D eigenvalue weighted by Crippen LogP contribution is 2.24. The second-order valence-electron chi connectivity index (χ2n) is 4.79. The van der Waals surface area contributed by atoms with Crippen LogP contribution in [-0.2, 0) is 10.3 Å². The van der Waals surface area contributed by atoms with Gasteiger partial charge in [0.2, 0.25) is 5.91 Å². The zero-order valence-electron chi connectivity index (χ0n) is 11.6. The van der Waals surface area contributed by atoms with Crippen LogP contribution >= 0.6 is 23.2 Å². The first-order valence-electron chi connectivity index (χ1n) is 6.33. The van der Waals surface area contributed by atoms with Crippen LogP contribution in [0.25, 0.3) is 0 Å². The van der Waals surface area contributed by atoms with Crippen molar-refractivity contribution in [1.29, 1.82) is 0 Å². The number of nitrogens with one attached hydrogen (secondary N) is 1. The van der Waals surface area contributed by atoms with E-state index < -0.39 is 17.4 Å². The number of hydrogen-bond donors (Lipinski definition) is 2. The molecule has 0 bridgehead atoms. The summed E-state index contributed by atoms with van der Waals surface area (Å²) in [5, 5.41) is 3.18. The molecule has 22 heavy (non-hydrogen) atoms. The molecule has 1 heterocycles. The summed E-state index contributed by atoms with van der Waals surface area (Å²) in [7, 11) is 0. The Labute approximate surface area is 137 Å². The topological polar surface area (TPSA) is 85.1 Å². The maximum Gasteiger partial charge on any atom is 0.272 e. The summed E-state index contributed by atoms with van der Waals surface area (Å²) in [6, 6.07) is 9.67. The van der Waals surface area contributed by atoms with Gasteiger partial charge in [-0.3, -0.25) is 9.59 Å². The van der Waals surface area contributed by atoms with Crippen molar-refractivity contribution in [3.8, 4) is 0 Å². The van der Waals surface area contributed by atoms with Crippen molar-refractivity contribution in [3.05, 3.63) is 63.9 Å². The van der Waals surface area contributed by atoms with Gasteiger partial charge in [0, 0.05) is 11.2 Å². The third-order valence-corrected chi connectivity index (χ3v) is 3.77. The maximum absolute atomic E-state index is 12.3. The van der Waals surface area contributed by atoms with Crippen LogP contribution in [-0.4, -0.2) is 16.8 Å². The standard InChI is InChI=1S/C15H13Cl2N3O2/c1-15(14(18)22,9-4-2-5-10(16)8-9)20-13(21)12-11(17)6-3-7-19-12/h2-8H,1H3,(H2,18,22)(H,20,21). The number of nitrogens with two attached hydrogens (primary N) is 1. The molecule has 1 atom stereocenters. The molecule has 114 valence electrons. The summed E-state index contributed by atoms with van der Waals surface area (Å²) in [4.78, 5) is 28.2. The second-order valence-corrected chi connectivity index (χ2v) is 5.63. The molecule has 5 nitrogen and oxygen atoms in total. The molecule has 0 aliphatic carbocycles. The van der Waals surface area contributed by atoms with E-state index in [0.29, 0.717) is 10.6 Å². The van der Waals surface area contributed by atoms with Crippen molar-refractivity contribution in [1.82, 2.24) is 10.3 Å². The number of halogens is 2. The van der Waals surface area contributed by atoms with Gasteiger partial charge < -0.3 is 11.1 Å². The number of nitrogens with zero attached hydrogens (tertiary/aromatic N) is 1. The summed E-state index contributed by atoms with van der Waals surface area (Å²) in [5.74, 6) is -1.33. The summed E-state index contributed by atoms with van der Waals surface area (Å²) >= 11 is 11.9. The van der Waals surface area contributed by atoms with E-state index in [1.54, 1.807) is 30.3 Å². The molecule has 7 heteroatoms. The normalized spacial score (nSPS) is 13.2. The summed E-state index contributed by atoms with van der Waals surface area (Å²) in [6.07, 6.45) is 1.43. The number of benzene rings is 1. The van der Waals surface area contributed by atoms with E-state index in [1.807, 2.05) is 0 Å². The number of amides is 2. The average Bonchev–Trinajstić information content (AvgIpc) is 2.47. The van der Waals surface area contributed by atoms with E-state index >= 15 is 0 Å². The molecule has 0 fully saturated rings. The largest absolute Gasteiger partial charge is 0.367 e. The van der Waals surface area contributed by atoms with Crippen molar-refractivity contribution >= 4 is 35.0 Å². The summed E-state index contributed by atoms with van der Waals surface area (Å²) in [5.41, 5.74) is 4.50. The molecule has 2 aromatic rings. The Kier molecular flexibility index (Phi) is 4.68. The van der Waals surface area contributed by atoms with Gasteiger partial charge in [0.25, 0.3) is 5.91 Å². The second kappa shape index (κ2) is 6.34. The van der Waals surface area contributed by atoms with Crippen molar-refractivity contribution in [3.63, 3.8) is 0 Å². The number of primary amides is 1. The molecular formula is C15H13Cl2N3O2. The molecule has 1 aromatic carbocycles. The highest BCUT2D eigenvalue weighted by Gasteiger charge is 2.36. The van der Waals surface area contributed by atoms with Crippen LogP contribution in [0.2, 0.25) is 10.0 Å². The number of carbonyl (C=O) groups excluding carboxylic acids is 2. The van der Waals surface area contributed by atoms with E-state index in [1.165, 1.54) is 19.2 Å². The van der Waals surface area contributed by atoms with E-state index in [-0.39, 0.29) is 10.7 Å². The Morgan fingerprint density at radius 2 is 1.95 bits per heavy atom. The SMILES string of the molecule is CC(NC(=O)c1ncccc1Cl)(C(N)=O)c1cccc(Cl)c1. The minimum atomic E-state index is -1.44. The van der Waals surface area contributed by atoms with Gasteiger partial charge in [-0.2, -0.15) is 0 Å². The van der Waals surface area contributed by atoms with Gasteiger partial charge in [-0.1, -0.05) is 35.3 Å². The van der Waals surface area contributed by atoms with Gasteiger partial charge in [0.1, 0.15) is 11.2 Å². The maximum atomic E-state index is 12.3. The van der Waals surface area contributed by atoms with Gasteiger partial charge in [-0.25, -0.2) is 4.98 Å². The van der Waals surface area contributed by atoms with Crippen molar-refractivity contribution in [2.24, 2.45) is 5.73 Å². The Bertz CT molecular complexity index is 736. The fraction of sp³-hybridized carbons (Fsp3) is 0.133. The Balaban J connectivity index is 2.39. The van der Waals surface area contributed by atoms with Crippen LogP contribution in [0, 0.1) is 0 Å². The fourth-order valence-electron chi connectivity index (χ4n) is 1.91. The van der Waals surface area contributed by atoms with Gasteiger partial charge in [0.05, 0.1) is 5.02 Å². The number of rotatable bonds is 4. The van der Waals surface area contributed by atoms with Crippen LogP contribution in [0.15, 0.2) is 42.6 Å². The lowest BCUT2D eigenvalue weighted by Gasteiger charge is -2.28. The Morgan fingerprint density at radius 3 is 2.55 bits per heavy atom. The number of pyridine rings is 1. The third kappa shape index (κ3) is 3.21. The Morgan fingerprint density at radius 1 is 1.23 bits per heavy atom. The number of hydrogen-bond acceptors (Lipinski definition) is 3. The number of aromatic nitrogens is 1.